The third-order valence-electron chi connectivity index (χ3n) is 3.40. The number of hydrogen-bond donors (Lipinski definition) is 2. The molecule has 1 aliphatic rings. The topological polar surface area (TPSA) is 63.3 Å². The number of hydrogen-bond acceptors (Lipinski definition) is 2. The molecule has 86 valence electrons. The Labute approximate surface area is 95.3 Å². The fraction of sp³-hybridized carbons (Fsp3) is 0.462. The summed E-state index contributed by atoms with van der Waals surface area (Å²) in [7, 11) is 0. The van der Waals surface area contributed by atoms with Crippen LogP contribution in [-0.2, 0) is 4.79 Å². The number of carboxylic acid groups (broad SMARTS) is 1. The molecule has 0 aliphatic heterocycles. The van der Waals surface area contributed by atoms with Crippen LogP contribution in [0.3, 0.4) is 0 Å². The van der Waals surface area contributed by atoms with Gasteiger partial charge in [0.1, 0.15) is 0 Å². The Hall–Kier alpha value is -1.51. The standard InChI is InChI=1S/C13H17NO2/c1-8(6-10-7-12(10)13(15)16)9-2-4-11(14)5-3-9/h2-5,8,10,12H,6-7,14H2,1H3,(H,15,16). The monoisotopic (exact) mass is 219 g/mol. The lowest BCUT2D eigenvalue weighted by atomic mass is 9.94. The number of nitrogen functional groups attached to an aromatic ring is 1. The fourth-order valence-corrected chi connectivity index (χ4v) is 2.23. The molecule has 0 radical (unpaired) electrons. The van der Waals surface area contributed by atoms with Crippen molar-refractivity contribution in [2.75, 3.05) is 5.73 Å². The van der Waals surface area contributed by atoms with E-state index in [-0.39, 0.29) is 5.92 Å². The molecule has 16 heavy (non-hydrogen) atoms. The van der Waals surface area contributed by atoms with E-state index < -0.39 is 5.97 Å². The molecular weight excluding hydrogens is 202 g/mol. The molecule has 1 saturated carbocycles. The van der Waals surface area contributed by atoms with Crippen molar-refractivity contribution in [3.63, 3.8) is 0 Å². The van der Waals surface area contributed by atoms with Crippen molar-refractivity contribution in [1.82, 2.24) is 0 Å². The third-order valence-corrected chi connectivity index (χ3v) is 3.40. The van der Waals surface area contributed by atoms with Crippen LogP contribution in [0.4, 0.5) is 5.69 Å². The summed E-state index contributed by atoms with van der Waals surface area (Å²) in [5, 5.41) is 8.83. The van der Waals surface area contributed by atoms with Gasteiger partial charge in [-0.3, -0.25) is 4.79 Å². The first-order chi connectivity index (χ1) is 7.58. The number of benzene rings is 1. The minimum absolute atomic E-state index is 0.101. The highest BCUT2D eigenvalue weighted by molar-refractivity contribution is 5.73. The first kappa shape index (κ1) is 11.0. The van der Waals surface area contributed by atoms with Gasteiger partial charge >= 0.3 is 5.97 Å². The van der Waals surface area contributed by atoms with Crippen LogP contribution in [0.1, 0.15) is 31.2 Å². The van der Waals surface area contributed by atoms with Crippen LogP contribution < -0.4 is 5.73 Å². The van der Waals surface area contributed by atoms with Gasteiger partial charge in [-0.1, -0.05) is 19.1 Å². The average molecular weight is 219 g/mol. The Morgan fingerprint density at radius 1 is 1.50 bits per heavy atom. The Kier molecular flexibility index (Phi) is 2.86. The molecule has 1 fully saturated rings. The van der Waals surface area contributed by atoms with E-state index in [9.17, 15) is 4.79 Å². The molecule has 3 unspecified atom stereocenters. The van der Waals surface area contributed by atoms with E-state index in [1.54, 1.807) is 0 Å². The maximum Gasteiger partial charge on any atom is 0.306 e. The van der Waals surface area contributed by atoms with Crippen LogP contribution in [0.2, 0.25) is 0 Å². The predicted molar refractivity (Wildman–Crippen MR) is 63.1 cm³/mol. The number of nitrogens with two attached hydrogens (primary N) is 1. The molecule has 0 spiro atoms. The third kappa shape index (κ3) is 2.35. The van der Waals surface area contributed by atoms with Gasteiger partial charge in [0.15, 0.2) is 0 Å². The zero-order chi connectivity index (χ0) is 11.7. The summed E-state index contributed by atoms with van der Waals surface area (Å²) in [6, 6.07) is 7.84. The van der Waals surface area contributed by atoms with Crippen molar-refractivity contribution >= 4 is 11.7 Å². The van der Waals surface area contributed by atoms with Crippen LogP contribution in [-0.4, -0.2) is 11.1 Å². The Morgan fingerprint density at radius 3 is 2.62 bits per heavy atom. The molecule has 0 heterocycles. The SMILES string of the molecule is CC(CC1CC1C(=O)O)c1ccc(N)cc1. The van der Waals surface area contributed by atoms with E-state index >= 15 is 0 Å². The van der Waals surface area contributed by atoms with E-state index in [0.29, 0.717) is 11.8 Å². The van der Waals surface area contributed by atoms with E-state index in [1.807, 2.05) is 24.3 Å². The Balaban J connectivity index is 1.92. The van der Waals surface area contributed by atoms with Crippen molar-refractivity contribution in [1.29, 1.82) is 0 Å². The summed E-state index contributed by atoms with van der Waals surface area (Å²) >= 11 is 0. The van der Waals surface area contributed by atoms with Crippen molar-refractivity contribution in [2.24, 2.45) is 11.8 Å². The van der Waals surface area contributed by atoms with E-state index in [1.165, 1.54) is 5.56 Å². The molecule has 3 atom stereocenters. The summed E-state index contributed by atoms with van der Waals surface area (Å²) < 4.78 is 0. The maximum atomic E-state index is 10.7. The minimum atomic E-state index is -0.644. The van der Waals surface area contributed by atoms with E-state index in [2.05, 4.69) is 6.92 Å². The second-order valence-electron chi connectivity index (χ2n) is 4.74. The number of anilines is 1. The number of carbonyl (C=O) groups is 1. The molecule has 1 aromatic carbocycles. The molecule has 0 saturated heterocycles. The molecule has 0 bridgehead atoms. The molecule has 0 aromatic heterocycles. The predicted octanol–water partition coefficient (Wildman–Crippen LogP) is 2.48. The van der Waals surface area contributed by atoms with Crippen molar-refractivity contribution in [3.05, 3.63) is 29.8 Å². The lowest BCUT2D eigenvalue weighted by Crippen LogP contribution is -2.02. The molecule has 1 aromatic rings. The molecule has 2 rings (SSSR count). The second kappa shape index (κ2) is 4.16. The summed E-state index contributed by atoms with van der Waals surface area (Å²) in [6.07, 6.45) is 1.80. The van der Waals surface area contributed by atoms with Crippen LogP contribution in [0.25, 0.3) is 0 Å². The Morgan fingerprint density at radius 2 is 2.12 bits per heavy atom. The summed E-state index contributed by atoms with van der Waals surface area (Å²) in [6.45, 7) is 2.14. The van der Waals surface area contributed by atoms with Crippen LogP contribution in [0.15, 0.2) is 24.3 Å². The summed E-state index contributed by atoms with van der Waals surface area (Å²) in [4.78, 5) is 10.7. The quantitative estimate of drug-likeness (QED) is 0.765. The van der Waals surface area contributed by atoms with Gasteiger partial charge in [0.25, 0.3) is 0 Å². The minimum Gasteiger partial charge on any atom is -0.481 e. The Bertz CT molecular complexity index is 385. The first-order valence-electron chi connectivity index (χ1n) is 5.66. The number of rotatable bonds is 4. The molecule has 0 amide bonds. The van der Waals surface area contributed by atoms with Crippen molar-refractivity contribution in [2.45, 2.75) is 25.7 Å². The van der Waals surface area contributed by atoms with Crippen LogP contribution in [0.5, 0.6) is 0 Å². The van der Waals surface area contributed by atoms with Gasteiger partial charge in [0, 0.05) is 5.69 Å². The van der Waals surface area contributed by atoms with Crippen LogP contribution >= 0.6 is 0 Å². The smallest absolute Gasteiger partial charge is 0.306 e. The lowest BCUT2D eigenvalue weighted by molar-refractivity contribution is -0.138. The normalized spacial score (nSPS) is 25.1. The molecule has 3 heteroatoms. The van der Waals surface area contributed by atoms with E-state index in [0.717, 1.165) is 18.5 Å². The van der Waals surface area contributed by atoms with Gasteiger partial charge in [0.2, 0.25) is 0 Å². The van der Waals surface area contributed by atoms with Gasteiger partial charge in [0.05, 0.1) is 5.92 Å². The maximum absolute atomic E-state index is 10.7. The van der Waals surface area contributed by atoms with Crippen LogP contribution in [0, 0.1) is 11.8 Å². The molecule has 3 N–H and O–H groups in total. The fourth-order valence-electron chi connectivity index (χ4n) is 2.23. The molecule has 1 aliphatic carbocycles. The largest absolute Gasteiger partial charge is 0.481 e. The second-order valence-corrected chi connectivity index (χ2v) is 4.74. The molecule has 3 nitrogen and oxygen atoms in total. The zero-order valence-electron chi connectivity index (χ0n) is 9.39. The van der Waals surface area contributed by atoms with Gasteiger partial charge < -0.3 is 10.8 Å². The van der Waals surface area contributed by atoms with E-state index in [4.69, 9.17) is 10.8 Å². The number of aliphatic carboxylic acids is 1. The highest BCUT2D eigenvalue weighted by Crippen LogP contribution is 2.45. The van der Waals surface area contributed by atoms with Crippen molar-refractivity contribution < 1.29 is 9.90 Å². The lowest BCUT2D eigenvalue weighted by Gasteiger charge is -2.11. The van der Waals surface area contributed by atoms with Gasteiger partial charge in [-0.2, -0.15) is 0 Å². The summed E-state index contributed by atoms with van der Waals surface area (Å²) in [5.74, 6) is 0.0331. The first-order valence-corrected chi connectivity index (χ1v) is 5.66. The highest BCUT2D eigenvalue weighted by atomic mass is 16.4. The zero-order valence-corrected chi connectivity index (χ0v) is 9.39. The highest BCUT2D eigenvalue weighted by Gasteiger charge is 2.43. The van der Waals surface area contributed by atoms with Crippen molar-refractivity contribution in [3.8, 4) is 0 Å². The van der Waals surface area contributed by atoms with Gasteiger partial charge in [-0.25, -0.2) is 0 Å². The summed E-state index contributed by atoms with van der Waals surface area (Å²) in [5.41, 5.74) is 7.63. The average Bonchev–Trinajstić information content (AvgIpc) is 2.98. The van der Waals surface area contributed by atoms with Gasteiger partial charge in [-0.15, -0.1) is 0 Å². The van der Waals surface area contributed by atoms with Gasteiger partial charge in [-0.05, 0) is 42.4 Å². The molecular formula is C13H17NO2. The number of carboxylic acids is 1.